The van der Waals surface area contributed by atoms with Crippen LogP contribution in [0.25, 0.3) is 0 Å². The maximum atomic E-state index is 14.2. The molecule has 0 saturated heterocycles. The van der Waals surface area contributed by atoms with Gasteiger partial charge in [-0.05, 0) is 41.8 Å². The Bertz CT molecular complexity index is 915. The monoisotopic (exact) mass is 445 g/mol. The topological polar surface area (TPSA) is 66.4 Å². The lowest BCUT2D eigenvalue weighted by molar-refractivity contribution is -0.178. The SMILES string of the molecule is CC(Cc1ccc(F)c(NC(=O)[C@H](c2ccc(Cl)cc2)[C@@H](C)C(F)(F)F)c1)C(=O)O. The highest BCUT2D eigenvalue weighted by atomic mass is 35.5. The van der Waals surface area contributed by atoms with Crippen LogP contribution in [0, 0.1) is 17.7 Å². The maximum Gasteiger partial charge on any atom is 0.392 e. The van der Waals surface area contributed by atoms with E-state index >= 15 is 0 Å². The third kappa shape index (κ3) is 5.95. The quantitative estimate of drug-likeness (QED) is 0.540. The molecule has 162 valence electrons. The fourth-order valence-corrected chi connectivity index (χ4v) is 3.10. The summed E-state index contributed by atoms with van der Waals surface area (Å²) in [4.78, 5) is 23.8. The van der Waals surface area contributed by atoms with Gasteiger partial charge in [-0.2, -0.15) is 13.2 Å². The average Bonchev–Trinajstić information content (AvgIpc) is 2.65. The van der Waals surface area contributed by atoms with Gasteiger partial charge < -0.3 is 10.4 Å². The first-order chi connectivity index (χ1) is 13.9. The molecule has 2 aromatic carbocycles. The number of rotatable bonds is 7. The van der Waals surface area contributed by atoms with Crippen molar-refractivity contribution in [2.45, 2.75) is 32.4 Å². The second-order valence-corrected chi connectivity index (χ2v) is 7.54. The van der Waals surface area contributed by atoms with E-state index in [-0.39, 0.29) is 17.7 Å². The lowest BCUT2D eigenvalue weighted by Gasteiger charge is -2.26. The number of halogens is 5. The van der Waals surface area contributed by atoms with Gasteiger partial charge in [0.05, 0.1) is 23.4 Å². The van der Waals surface area contributed by atoms with Gasteiger partial charge in [-0.1, -0.05) is 43.6 Å². The molecule has 30 heavy (non-hydrogen) atoms. The molecule has 0 heterocycles. The molecule has 0 aliphatic carbocycles. The predicted molar refractivity (Wildman–Crippen MR) is 105 cm³/mol. The summed E-state index contributed by atoms with van der Waals surface area (Å²) in [6, 6.07) is 8.99. The van der Waals surface area contributed by atoms with Crippen LogP contribution in [-0.4, -0.2) is 23.2 Å². The molecular formula is C21H20ClF4NO3. The molecule has 2 rings (SSSR count). The van der Waals surface area contributed by atoms with Crippen LogP contribution in [-0.2, 0) is 16.0 Å². The van der Waals surface area contributed by atoms with Crippen LogP contribution < -0.4 is 5.32 Å². The standard InChI is InChI=1S/C21H20ClF4NO3/c1-11(20(29)30)9-13-3-8-16(23)17(10-13)27-19(28)18(12(2)21(24,25)26)14-4-6-15(22)7-5-14/h3-8,10-12,18H,9H2,1-2H3,(H,27,28)(H,29,30)/t11?,12-,18+/m1/s1. The Labute approximate surface area is 175 Å². The lowest BCUT2D eigenvalue weighted by atomic mass is 9.85. The Morgan fingerprint density at radius 3 is 2.23 bits per heavy atom. The Hall–Kier alpha value is -2.61. The van der Waals surface area contributed by atoms with Crippen LogP contribution in [0.2, 0.25) is 5.02 Å². The van der Waals surface area contributed by atoms with Crippen molar-refractivity contribution in [3.8, 4) is 0 Å². The summed E-state index contributed by atoms with van der Waals surface area (Å²) in [6.45, 7) is 2.34. The lowest BCUT2D eigenvalue weighted by Crippen LogP contribution is -2.34. The van der Waals surface area contributed by atoms with Crippen molar-refractivity contribution in [2.24, 2.45) is 11.8 Å². The number of hydrogen-bond donors (Lipinski definition) is 2. The minimum absolute atomic E-state index is 0.0675. The van der Waals surface area contributed by atoms with Gasteiger partial charge in [0.25, 0.3) is 0 Å². The molecule has 0 saturated carbocycles. The number of nitrogens with one attached hydrogen (secondary N) is 1. The van der Waals surface area contributed by atoms with Crippen LogP contribution >= 0.6 is 11.6 Å². The molecule has 2 N–H and O–H groups in total. The van der Waals surface area contributed by atoms with Gasteiger partial charge in [0, 0.05) is 5.02 Å². The van der Waals surface area contributed by atoms with Gasteiger partial charge in [0.15, 0.2) is 0 Å². The van der Waals surface area contributed by atoms with Crippen LogP contribution in [0.1, 0.15) is 30.9 Å². The van der Waals surface area contributed by atoms with E-state index in [0.29, 0.717) is 10.6 Å². The Morgan fingerprint density at radius 1 is 1.10 bits per heavy atom. The van der Waals surface area contributed by atoms with E-state index in [4.69, 9.17) is 16.7 Å². The average molecular weight is 446 g/mol. The number of carboxylic acid groups (broad SMARTS) is 1. The van der Waals surface area contributed by atoms with Crippen molar-refractivity contribution in [3.63, 3.8) is 0 Å². The van der Waals surface area contributed by atoms with Crippen LogP contribution in [0.5, 0.6) is 0 Å². The number of hydrogen-bond acceptors (Lipinski definition) is 2. The van der Waals surface area contributed by atoms with Crippen molar-refractivity contribution in [2.75, 3.05) is 5.32 Å². The minimum Gasteiger partial charge on any atom is -0.481 e. The van der Waals surface area contributed by atoms with Crippen LogP contribution in [0.15, 0.2) is 42.5 Å². The molecule has 1 unspecified atom stereocenters. The third-order valence-corrected chi connectivity index (χ3v) is 5.03. The molecule has 4 nitrogen and oxygen atoms in total. The van der Waals surface area contributed by atoms with E-state index in [1.807, 2.05) is 0 Å². The number of aliphatic carboxylic acids is 1. The van der Waals surface area contributed by atoms with Gasteiger partial charge in [0.1, 0.15) is 5.82 Å². The summed E-state index contributed by atoms with van der Waals surface area (Å²) in [6.07, 6.45) is -4.60. The molecule has 1 amide bonds. The molecule has 0 bridgehead atoms. The molecular weight excluding hydrogens is 426 g/mol. The van der Waals surface area contributed by atoms with Crippen LogP contribution in [0.3, 0.4) is 0 Å². The molecule has 0 radical (unpaired) electrons. The zero-order valence-electron chi connectivity index (χ0n) is 16.1. The highest BCUT2D eigenvalue weighted by Gasteiger charge is 2.45. The van der Waals surface area contributed by atoms with E-state index in [2.05, 4.69) is 5.32 Å². The van der Waals surface area contributed by atoms with Gasteiger partial charge in [-0.15, -0.1) is 0 Å². The Balaban J connectivity index is 2.35. The number of amides is 1. The zero-order valence-corrected chi connectivity index (χ0v) is 16.9. The first kappa shape index (κ1) is 23.7. The number of alkyl halides is 3. The summed E-state index contributed by atoms with van der Waals surface area (Å²) in [5.41, 5.74) is 0.190. The van der Waals surface area contributed by atoms with Gasteiger partial charge in [-0.25, -0.2) is 4.39 Å². The van der Waals surface area contributed by atoms with E-state index in [9.17, 15) is 27.2 Å². The maximum absolute atomic E-state index is 14.2. The van der Waals surface area contributed by atoms with Crippen LogP contribution in [0.4, 0.5) is 23.2 Å². The third-order valence-electron chi connectivity index (χ3n) is 4.78. The molecule has 2 aromatic rings. The first-order valence-electron chi connectivity index (χ1n) is 9.04. The summed E-state index contributed by atoms with van der Waals surface area (Å²) >= 11 is 5.78. The molecule has 0 aliphatic rings. The molecule has 0 fully saturated rings. The number of carboxylic acids is 1. The van der Waals surface area contributed by atoms with Gasteiger partial charge >= 0.3 is 12.1 Å². The smallest absolute Gasteiger partial charge is 0.392 e. The predicted octanol–water partition coefficient (Wildman–Crippen LogP) is 5.66. The summed E-state index contributed by atoms with van der Waals surface area (Å²) in [5.74, 6) is -7.37. The van der Waals surface area contributed by atoms with E-state index in [0.717, 1.165) is 13.0 Å². The first-order valence-corrected chi connectivity index (χ1v) is 9.42. The van der Waals surface area contributed by atoms with Crippen molar-refractivity contribution < 1.29 is 32.3 Å². The minimum atomic E-state index is -4.67. The van der Waals surface area contributed by atoms with E-state index < -0.39 is 41.6 Å². The fourth-order valence-electron chi connectivity index (χ4n) is 2.97. The van der Waals surface area contributed by atoms with Gasteiger partial charge in [0.2, 0.25) is 5.91 Å². The molecule has 0 aromatic heterocycles. The van der Waals surface area contributed by atoms with E-state index in [1.165, 1.54) is 43.3 Å². The van der Waals surface area contributed by atoms with Crippen molar-refractivity contribution in [1.82, 2.24) is 0 Å². The molecule has 0 aliphatic heterocycles. The van der Waals surface area contributed by atoms with E-state index in [1.54, 1.807) is 0 Å². The molecule has 3 atom stereocenters. The Morgan fingerprint density at radius 2 is 1.70 bits per heavy atom. The number of anilines is 1. The molecule has 9 heteroatoms. The zero-order chi connectivity index (χ0) is 22.6. The van der Waals surface area contributed by atoms with Crippen molar-refractivity contribution in [1.29, 1.82) is 0 Å². The fraction of sp³-hybridized carbons (Fsp3) is 0.333. The van der Waals surface area contributed by atoms with Gasteiger partial charge in [-0.3, -0.25) is 9.59 Å². The number of carbonyl (C=O) groups excluding carboxylic acids is 1. The molecule has 0 spiro atoms. The second-order valence-electron chi connectivity index (χ2n) is 7.11. The largest absolute Gasteiger partial charge is 0.481 e. The van der Waals surface area contributed by atoms with Crippen molar-refractivity contribution >= 4 is 29.2 Å². The number of benzene rings is 2. The highest BCUT2D eigenvalue weighted by Crippen LogP contribution is 2.38. The second kappa shape index (κ2) is 9.47. The summed E-state index contributed by atoms with van der Waals surface area (Å²) in [5, 5.41) is 11.5. The summed E-state index contributed by atoms with van der Waals surface area (Å²) < 4.78 is 54.4. The van der Waals surface area contributed by atoms with Crippen molar-refractivity contribution in [3.05, 3.63) is 64.4 Å². The normalized spacial score (nSPS) is 14.6. The number of carbonyl (C=O) groups is 2. The highest BCUT2D eigenvalue weighted by molar-refractivity contribution is 6.30. The Kier molecular flexibility index (Phi) is 7.47. The summed E-state index contributed by atoms with van der Waals surface area (Å²) in [7, 11) is 0.